The fraction of sp³-hybridized carbons (Fsp3) is 0.438. The number of nitrogens with one attached hydrogen (secondary N) is 2. The molecule has 1 aromatic heterocycles. The number of hydrogen-bond acceptors (Lipinski definition) is 6. The Hall–Kier alpha value is -2.37. The third-order valence-electron chi connectivity index (χ3n) is 2.90. The maximum absolute atomic E-state index is 4.51. The minimum Gasteiger partial charge on any atom is -0.352 e. The van der Waals surface area contributed by atoms with Gasteiger partial charge in [-0.2, -0.15) is 15.0 Å². The molecule has 0 aliphatic carbocycles. The van der Waals surface area contributed by atoms with Gasteiger partial charge in [-0.1, -0.05) is 18.2 Å². The highest BCUT2D eigenvalue weighted by Crippen LogP contribution is 2.21. The van der Waals surface area contributed by atoms with Crippen LogP contribution in [-0.2, 0) is 0 Å². The van der Waals surface area contributed by atoms with E-state index in [9.17, 15) is 0 Å². The van der Waals surface area contributed by atoms with Gasteiger partial charge in [0.25, 0.3) is 0 Å². The van der Waals surface area contributed by atoms with Crippen LogP contribution in [0.5, 0.6) is 0 Å². The zero-order valence-electron chi connectivity index (χ0n) is 13.8. The monoisotopic (exact) mass is 300 g/mol. The zero-order valence-corrected chi connectivity index (χ0v) is 13.8. The van der Waals surface area contributed by atoms with E-state index in [-0.39, 0.29) is 12.1 Å². The Morgan fingerprint density at radius 2 is 1.32 bits per heavy atom. The van der Waals surface area contributed by atoms with Crippen molar-refractivity contribution in [2.75, 3.05) is 22.6 Å². The molecule has 0 saturated heterocycles. The van der Waals surface area contributed by atoms with E-state index in [1.54, 1.807) is 0 Å². The van der Waals surface area contributed by atoms with E-state index in [1.165, 1.54) is 0 Å². The van der Waals surface area contributed by atoms with Gasteiger partial charge in [-0.25, -0.2) is 0 Å². The highest BCUT2D eigenvalue weighted by atomic mass is 15.3. The van der Waals surface area contributed by atoms with Crippen molar-refractivity contribution in [1.29, 1.82) is 0 Å². The molecule has 2 N–H and O–H groups in total. The molecular formula is C16H24N6. The molecule has 2 rings (SSSR count). The van der Waals surface area contributed by atoms with E-state index < -0.39 is 0 Å². The first-order chi connectivity index (χ1) is 10.5. The summed E-state index contributed by atoms with van der Waals surface area (Å²) in [5.74, 6) is 1.75. The van der Waals surface area contributed by atoms with Gasteiger partial charge in [-0.15, -0.1) is 0 Å². The molecule has 0 fully saturated rings. The largest absolute Gasteiger partial charge is 0.352 e. The number of nitrogens with zero attached hydrogens (tertiary/aromatic N) is 4. The van der Waals surface area contributed by atoms with Gasteiger partial charge in [0.2, 0.25) is 17.8 Å². The molecule has 0 unspecified atom stereocenters. The predicted octanol–water partition coefficient (Wildman–Crippen LogP) is 3.28. The lowest BCUT2D eigenvalue weighted by atomic mass is 10.3. The Kier molecular flexibility index (Phi) is 5.14. The van der Waals surface area contributed by atoms with Gasteiger partial charge in [0.05, 0.1) is 0 Å². The van der Waals surface area contributed by atoms with Crippen LogP contribution in [0.4, 0.5) is 23.5 Å². The SMILES string of the molecule is CC(C)Nc1nc(NC(C)C)nc(N(C)c2ccccc2)n1. The molecule has 1 heterocycles. The van der Waals surface area contributed by atoms with Crippen molar-refractivity contribution in [2.45, 2.75) is 39.8 Å². The van der Waals surface area contributed by atoms with Crippen LogP contribution < -0.4 is 15.5 Å². The summed E-state index contributed by atoms with van der Waals surface area (Å²) in [6, 6.07) is 10.5. The molecule has 0 saturated carbocycles. The summed E-state index contributed by atoms with van der Waals surface area (Å²) in [4.78, 5) is 15.4. The average molecular weight is 300 g/mol. The number of aromatic nitrogens is 3. The van der Waals surface area contributed by atoms with Gasteiger partial charge in [-0.05, 0) is 39.8 Å². The summed E-state index contributed by atoms with van der Waals surface area (Å²) in [5, 5.41) is 6.47. The quantitative estimate of drug-likeness (QED) is 0.853. The molecule has 0 aliphatic rings. The van der Waals surface area contributed by atoms with E-state index in [1.807, 2.05) is 42.3 Å². The van der Waals surface area contributed by atoms with Crippen LogP contribution in [-0.4, -0.2) is 34.1 Å². The molecule has 0 amide bonds. The number of benzene rings is 1. The summed E-state index contributed by atoms with van der Waals surface area (Å²) >= 11 is 0. The molecule has 118 valence electrons. The Morgan fingerprint density at radius 1 is 0.818 bits per heavy atom. The van der Waals surface area contributed by atoms with Crippen LogP contribution in [0, 0.1) is 0 Å². The number of rotatable bonds is 6. The van der Waals surface area contributed by atoms with Crippen molar-refractivity contribution in [3.8, 4) is 0 Å². The third-order valence-corrected chi connectivity index (χ3v) is 2.90. The summed E-state index contributed by atoms with van der Waals surface area (Å²) in [6.45, 7) is 8.22. The van der Waals surface area contributed by atoms with E-state index >= 15 is 0 Å². The van der Waals surface area contributed by atoms with Gasteiger partial charge < -0.3 is 15.5 Å². The Morgan fingerprint density at radius 3 is 1.77 bits per heavy atom. The van der Waals surface area contributed by atoms with Gasteiger partial charge in [0.15, 0.2) is 0 Å². The molecule has 0 atom stereocenters. The minimum absolute atomic E-state index is 0.254. The van der Waals surface area contributed by atoms with E-state index in [2.05, 4.69) is 53.3 Å². The second kappa shape index (κ2) is 7.06. The second-order valence-corrected chi connectivity index (χ2v) is 5.78. The normalized spacial score (nSPS) is 10.9. The molecular weight excluding hydrogens is 276 g/mol. The molecule has 0 radical (unpaired) electrons. The van der Waals surface area contributed by atoms with Crippen LogP contribution in [0.25, 0.3) is 0 Å². The molecule has 6 nitrogen and oxygen atoms in total. The molecule has 0 spiro atoms. The first kappa shape index (κ1) is 16.0. The maximum Gasteiger partial charge on any atom is 0.236 e. The van der Waals surface area contributed by atoms with Crippen LogP contribution in [0.3, 0.4) is 0 Å². The van der Waals surface area contributed by atoms with Crippen molar-refractivity contribution in [3.63, 3.8) is 0 Å². The summed E-state index contributed by atoms with van der Waals surface area (Å²) in [7, 11) is 1.95. The standard InChI is InChI=1S/C16H24N6/c1-11(2)17-14-19-15(18-12(3)4)21-16(20-14)22(5)13-9-7-6-8-10-13/h6-12H,1-5H3,(H2,17,18,19,20,21). The van der Waals surface area contributed by atoms with Gasteiger partial charge in [-0.3, -0.25) is 0 Å². The predicted molar refractivity (Wildman–Crippen MR) is 91.8 cm³/mol. The third kappa shape index (κ3) is 4.31. The van der Waals surface area contributed by atoms with Crippen LogP contribution >= 0.6 is 0 Å². The molecule has 0 aliphatic heterocycles. The first-order valence-electron chi connectivity index (χ1n) is 7.53. The molecule has 22 heavy (non-hydrogen) atoms. The van der Waals surface area contributed by atoms with Gasteiger partial charge in [0.1, 0.15) is 0 Å². The highest BCUT2D eigenvalue weighted by molar-refractivity contribution is 5.58. The Balaban J connectivity index is 2.36. The molecule has 6 heteroatoms. The van der Waals surface area contributed by atoms with Crippen molar-refractivity contribution in [2.24, 2.45) is 0 Å². The highest BCUT2D eigenvalue weighted by Gasteiger charge is 2.13. The van der Waals surface area contributed by atoms with Crippen LogP contribution in [0.2, 0.25) is 0 Å². The lowest BCUT2D eigenvalue weighted by Gasteiger charge is -2.20. The van der Waals surface area contributed by atoms with Crippen molar-refractivity contribution < 1.29 is 0 Å². The molecule has 1 aromatic carbocycles. The summed E-state index contributed by atoms with van der Waals surface area (Å²) < 4.78 is 0. The van der Waals surface area contributed by atoms with Crippen LogP contribution in [0.1, 0.15) is 27.7 Å². The second-order valence-electron chi connectivity index (χ2n) is 5.78. The van der Waals surface area contributed by atoms with Crippen LogP contribution in [0.15, 0.2) is 30.3 Å². The summed E-state index contributed by atoms with van der Waals surface area (Å²) in [6.07, 6.45) is 0. The Labute approximate surface area is 132 Å². The number of anilines is 4. The van der Waals surface area contributed by atoms with Crippen molar-refractivity contribution >= 4 is 23.5 Å². The maximum atomic E-state index is 4.51. The van der Waals surface area contributed by atoms with Gasteiger partial charge in [0, 0.05) is 24.8 Å². The summed E-state index contributed by atoms with van der Waals surface area (Å²) in [5.41, 5.74) is 1.03. The Bertz CT molecular complexity index is 569. The number of hydrogen-bond donors (Lipinski definition) is 2. The van der Waals surface area contributed by atoms with E-state index in [4.69, 9.17) is 0 Å². The van der Waals surface area contributed by atoms with Gasteiger partial charge >= 0.3 is 0 Å². The topological polar surface area (TPSA) is 66.0 Å². The average Bonchev–Trinajstić information content (AvgIpc) is 2.45. The fourth-order valence-electron chi connectivity index (χ4n) is 1.93. The first-order valence-corrected chi connectivity index (χ1v) is 7.53. The van der Waals surface area contributed by atoms with E-state index in [0.717, 1.165) is 5.69 Å². The van der Waals surface area contributed by atoms with E-state index in [0.29, 0.717) is 17.8 Å². The molecule has 0 bridgehead atoms. The minimum atomic E-state index is 0.254. The van der Waals surface area contributed by atoms with Crippen molar-refractivity contribution in [1.82, 2.24) is 15.0 Å². The smallest absolute Gasteiger partial charge is 0.236 e. The lowest BCUT2D eigenvalue weighted by molar-refractivity contribution is 0.840. The van der Waals surface area contributed by atoms with Crippen molar-refractivity contribution in [3.05, 3.63) is 30.3 Å². The zero-order chi connectivity index (χ0) is 16.1. The number of para-hydroxylation sites is 1. The molecule has 2 aromatic rings. The lowest BCUT2D eigenvalue weighted by Crippen LogP contribution is -2.21. The fourth-order valence-corrected chi connectivity index (χ4v) is 1.93.